The van der Waals surface area contributed by atoms with Gasteiger partial charge < -0.3 is 10.4 Å². The number of rotatable bonds is 7. The number of nitrogens with zero attached hydrogens (tertiary/aromatic N) is 2. The zero-order valence-corrected chi connectivity index (χ0v) is 12.2. The van der Waals surface area contributed by atoms with Gasteiger partial charge in [-0.3, -0.25) is 9.59 Å². The van der Waals surface area contributed by atoms with Crippen LogP contribution in [-0.2, 0) is 4.79 Å². The summed E-state index contributed by atoms with van der Waals surface area (Å²) in [4.78, 5) is 23.1. The van der Waals surface area contributed by atoms with Crippen molar-refractivity contribution in [2.75, 3.05) is 0 Å². The Hall–Kier alpha value is -1.50. The smallest absolute Gasteiger partial charge is 0.306 e. The number of aryl methyl sites for hydroxylation is 1. The number of carbonyl (C=O) groups excluding carboxylic acids is 1. The van der Waals surface area contributed by atoms with E-state index in [0.29, 0.717) is 17.0 Å². The van der Waals surface area contributed by atoms with Crippen LogP contribution >= 0.6 is 11.5 Å². The summed E-state index contributed by atoms with van der Waals surface area (Å²) in [6, 6.07) is 0.00925. The Morgan fingerprint density at radius 2 is 2.05 bits per heavy atom. The summed E-state index contributed by atoms with van der Waals surface area (Å²) in [5.41, 5.74) is 0.634. The van der Waals surface area contributed by atoms with Crippen molar-refractivity contribution < 1.29 is 14.7 Å². The molecule has 0 aliphatic carbocycles. The minimum atomic E-state index is -0.775. The van der Waals surface area contributed by atoms with Gasteiger partial charge in [-0.15, -0.1) is 5.10 Å². The predicted octanol–water partition coefficient (Wildman–Crippen LogP) is 1.86. The van der Waals surface area contributed by atoms with Gasteiger partial charge in [-0.05, 0) is 38.2 Å². The Morgan fingerprint density at radius 1 is 1.37 bits per heavy atom. The van der Waals surface area contributed by atoms with Crippen LogP contribution in [0.3, 0.4) is 0 Å². The maximum Gasteiger partial charge on any atom is 0.306 e. The molecular weight excluding hydrogens is 266 g/mol. The first-order chi connectivity index (χ1) is 8.91. The molecule has 2 N–H and O–H groups in total. The highest BCUT2D eigenvalue weighted by atomic mass is 32.1. The normalized spacial score (nSPS) is 13.8. The van der Waals surface area contributed by atoms with E-state index in [1.54, 1.807) is 13.8 Å². The van der Waals surface area contributed by atoms with Gasteiger partial charge >= 0.3 is 5.97 Å². The van der Waals surface area contributed by atoms with E-state index in [1.807, 2.05) is 6.92 Å². The van der Waals surface area contributed by atoms with Gasteiger partial charge in [0.25, 0.3) is 5.91 Å². The number of carbonyl (C=O) groups is 2. The van der Waals surface area contributed by atoms with Gasteiger partial charge in [0.2, 0.25) is 0 Å². The number of carboxylic acid groups (broad SMARTS) is 1. The molecule has 1 amide bonds. The van der Waals surface area contributed by atoms with Crippen molar-refractivity contribution >= 4 is 23.4 Å². The molecule has 2 atom stereocenters. The second-order valence-corrected chi connectivity index (χ2v) is 5.49. The van der Waals surface area contributed by atoms with Gasteiger partial charge in [-0.25, -0.2) is 0 Å². The molecule has 0 bridgehead atoms. The first kappa shape index (κ1) is 15.6. The fourth-order valence-electron chi connectivity index (χ4n) is 1.65. The molecule has 0 aliphatic heterocycles. The van der Waals surface area contributed by atoms with Crippen molar-refractivity contribution in [1.82, 2.24) is 14.9 Å². The van der Waals surface area contributed by atoms with E-state index in [4.69, 9.17) is 5.11 Å². The molecule has 1 rings (SSSR count). The van der Waals surface area contributed by atoms with Crippen molar-refractivity contribution in [1.29, 1.82) is 0 Å². The SMILES string of the molecule is Cc1nnsc1C(=O)NC(C)CCCC(C)C(=O)O. The van der Waals surface area contributed by atoms with E-state index in [0.717, 1.165) is 24.4 Å². The Kier molecular flexibility index (Phi) is 5.88. The number of carboxylic acids is 1. The van der Waals surface area contributed by atoms with E-state index in [1.165, 1.54) is 0 Å². The molecule has 0 aliphatic rings. The molecule has 2 unspecified atom stereocenters. The lowest BCUT2D eigenvalue weighted by Gasteiger charge is -2.14. The molecule has 0 fully saturated rings. The number of aromatic nitrogens is 2. The Balaban J connectivity index is 2.32. The van der Waals surface area contributed by atoms with Gasteiger partial charge in [0.15, 0.2) is 0 Å². The highest BCUT2D eigenvalue weighted by Gasteiger charge is 2.16. The molecule has 0 radical (unpaired) electrons. The zero-order chi connectivity index (χ0) is 14.4. The Bertz CT molecular complexity index is 447. The fraction of sp³-hybridized carbons (Fsp3) is 0.667. The first-order valence-electron chi connectivity index (χ1n) is 6.24. The summed E-state index contributed by atoms with van der Waals surface area (Å²) < 4.78 is 3.72. The summed E-state index contributed by atoms with van der Waals surface area (Å²) in [7, 11) is 0. The van der Waals surface area contributed by atoms with Crippen LogP contribution in [-0.4, -0.2) is 32.6 Å². The largest absolute Gasteiger partial charge is 0.481 e. The maximum absolute atomic E-state index is 11.9. The van der Waals surface area contributed by atoms with Gasteiger partial charge in [0.05, 0.1) is 11.6 Å². The van der Waals surface area contributed by atoms with Crippen LogP contribution < -0.4 is 5.32 Å². The van der Waals surface area contributed by atoms with Crippen LogP contribution in [0.1, 0.15) is 48.5 Å². The highest BCUT2D eigenvalue weighted by molar-refractivity contribution is 7.07. The first-order valence-corrected chi connectivity index (χ1v) is 7.01. The molecule has 1 heterocycles. The summed E-state index contributed by atoms with van der Waals surface area (Å²) in [6.07, 6.45) is 2.15. The zero-order valence-electron chi connectivity index (χ0n) is 11.3. The molecule has 0 aromatic carbocycles. The maximum atomic E-state index is 11.9. The molecule has 1 aromatic heterocycles. The second-order valence-electron chi connectivity index (χ2n) is 4.73. The Morgan fingerprint density at radius 3 is 2.58 bits per heavy atom. The van der Waals surface area contributed by atoms with Crippen LogP contribution in [0.5, 0.6) is 0 Å². The summed E-state index contributed by atoms with van der Waals surface area (Å²) >= 11 is 1.08. The summed E-state index contributed by atoms with van der Waals surface area (Å²) in [6.45, 7) is 5.35. The van der Waals surface area contributed by atoms with Crippen molar-refractivity contribution in [3.63, 3.8) is 0 Å². The van der Waals surface area contributed by atoms with Crippen LogP contribution in [0.25, 0.3) is 0 Å². The third kappa shape index (κ3) is 4.94. The van der Waals surface area contributed by atoms with Crippen molar-refractivity contribution in [3.8, 4) is 0 Å². The van der Waals surface area contributed by atoms with E-state index < -0.39 is 5.97 Å². The van der Waals surface area contributed by atoms with Crippen molar-refractivity contribution in [2.24, 2.45) is 5.92 Å². The molecule has 6 nitrogen and oxygen atoms in total. The van der Waals surface area contributed by atoms with E-state index in [-0.39, 0.29) is 17.9 Å². The number of aliphatic carboxylic acids is 1. The molecule has 1 aromatic rings. The highest BCUT2D eigenvalue weighted by Crippen LogP contribution is 2.12. The van der Waals surface area contributed by atoms with Crippen LogP contribution in [0.15, 0.2) is 0 Å². The van der Waals surface area contributed by atoms with E-state index in [9.17, 15) is 9.59 Å². The monoisotopic (exact) mass is 285 g/mol. The predicted molar refractivity (Wildman–Crippen MR) is 72.2 cm³/mol. The number of amides is 1. The van der Waals surface area contributed by atoms with E-state index in [2.05, 4.69) is 14.9 Å². The molecule has 0 spiro atoms. The van der Waals surface area contributed by atoms with Gasteiger partial charge in [0, 0.05) is 6.04 Å². The standard InChI is InChI=1S/C12H19N3O3S/c1-7(12(17)18)5-4-6-8(2)13-11(16)10-9(3)14-15-19-10/h7-8H,4-6H2,1-3H3,(H,13,16)(H,17,18). The fourth-order valence-corrected chi connectivity index (χ4v) is 2.21. The molecule has 106 valence electrons. The van der Waals surface area contributed by atoms with Gasteiger partial charge in [-0.1, -0.05) is 17.8 Å². The lowest BCUT2D eigenvalue weighted by Crippen LogP contribution is -2.32. The van der Waals surface area contributed by atoms with Crippen LogP contribution in [0.2, 0.25) is 0 Å². The number of hydrogen-bond acceptors (Lipinski definition) is 5. The van der Waals surface area contributed by atoms with E-state index >= 15 is 0 Å². The molecule has 0 saturated carbocycles. The topological polar surface area (TPSA) is 92.2 Å². The molecular formula is C12H19N3O3S. The molecule has 19 heavy (non-hydrogen) atoms. The number of hydrogen-bond donors (Lipinski definition) is 2. The Labute approximate surface area is 116 Å². The van der Waals surface area contributed by atoms with Crippen molar-refractivity contribution in [2.45, 2.75) is 46.1 Å². The minimum Gasteiger partial charge on any atom is -0.481 e. The van der Waals surface area contributed by atoms with Gasteiger partial charge in [0.1, 0.15) is 4.88 Å². The lowest BCUT2D eigenvalue weighted by molar-refractivity contribution is -0.141. The summed E-state index contributed by atoms with van der Waals surface area (Å²) in [5, 5.41) is 15.4. The molecule has 0 saturated heterocycles. The van der Waals surface area contributed by atoms with Crippen LogP contribution in [0, 0.1) is 12.8 Å². The third-order valence-electron chi connectivity index (χ3n) is 2.93. The molecule has 7 heteroatoms. The quantitative estimate of drug-likeness (QED) is 0.797. The second kappa shape index (κ2) is 7.18. The summed E-state index contributed by atoms with van der Waals surface area (Å²) in [5.74, 6) is -1.27. The lowest BCUT2D eigenvalue weighted by atomic mass is 10.0. The van der Waals surface area contributed by atoms with Crippen molar-refractivity contribution in [3.05, 3.63) is 10.6 Å². The average Bonchev–Trinajstić information content (AvgIpc) is 2.75. The minimum absolute atomic E-state index is 0.00925. The third-order valence-corrected chi connectivity index (χ3v) is 3.76. The van der Waals surface area contributed by atoms with Gasteiger partial charge in [-0.2, -0.15) is 0 Å². The average molecular weight is 285 g/mol. The van der Waals surface area contributed by atoms with Crippen LogP contribution in [0.4, 0.5) is 0 Å². The number of nitrogens with one attached hydrogen (secondary N) is 1.